The first-order valence-corrected chi connectivity index (χ1v) is 7.21. The lowest BCUT2D eigenvalue weighted by atomic mass is 10.1. The molecule has 0 aliphatic carbocycles. The molecule has 0 radical (unpaired) electrons. The SMILES string of the molecule is Cc1cc(C(O)Cc2cc3cc(CC(=O)O)cnc3o2)ccn1. The van der Waals surface area contributed by atoms with E-state index in [1.54, 1.807) is 24.4 Å². The molecule has 0 aromatic carbocycles. The average molecular weight is 312 g/mol. The van der Waals surface area contributed by atoms with E-state index in [0.717, 1.165) is 16.6 Å². The second-order valence-electron chi connectivity index (χ2n) is 5.47. The molecule has 2 N–H and O–H groups in total. The number of aryl methyl sites for hydroxylation is 1. The lowest BCUT2D eigenvalue weighted by Crippen LogP contribution is -2.01. The molecule has 118 valence electrons. The van der Waals surface area contributed by atoms with Crippen molar-refractivity contribution >= 4 is 17.1 Å². The molecule has 0 spiro atoms. The normalized spacial score (nSPS) is 12.4. The number of aliphatic hydroxyl groups is 1. The summed E-state index contributed by atoms with van der Waals surface area (Å²) in [6.45, 7) is 1.87. The summed E-state index contributed by atoms with van der Waals surface area (Å²) in [4.78, 5) is 19.0. The number of fused-ring (bicyclic) bond motifs is 1. The Balaban J connectivity index is 1.81. The lowest BCUT2D eigenvalue weighted by molar-refractivity contribution is -0.136. The molecule has 6 nitrogen and oxygen atoms in total. The summed E-state index contributed by atoms with van der Waals surface area (Å²) in [5.74, 6) is -0.305. The first kappa shape index (κ1) is 15.2. The van der Waals surface area contributed by atoms with Crippen LogP contribution in [0, 0.1) is 6.92 Å². The zero-order valence-corrected chi connectivity index (χ0v) is 12.6. The number of aliphatic hydroxyl groups excluding tert-OH is 1. The van der Waals surface area contributed by atoms with E-state index in [-0.39, 0.29) is 6.42 Å². The highest BCUT2D eigenvalue weighted by Crippen LogP contribution is 2.24. The van der Waals surface area contributed by atoms with Gasteiger partial charge in [-0.2, -0.15) is 0 Å². The molecule has 6 heteroatoms. The highest BCUT2D eigenvalue weighted by atomic mass is 16.4. The molecular formula is C17H16N2O4. The predicted molar refractivity (Wildman–Crippen MR) is 83.0 cm³/mol. The summed E-state index contributed by atoms with van der Waals surface area (Å²) in [6, 6.07) is 7.12. The van der Waals surface area contributed by atoms with Crippen LogP contribution in [0.15, 0.2) is 41.1 Å². The van der Waals surface area contributed by atoms with Crippen LogP contribution >= 0.6 is 0 Å². The van der Waals surface area contributed by atoms with Crippen molar-refractivity contribution < 1.29 is 19.4 Å². The zero-order valence-electron chi connectivity index (χ0n) is 12.6. The van der Waals surface area contributed by atoms with E-state index in [1.165, 1.54) is 6.20 Å². The van der Waals surface area contributed by atoms with Gasteiger partial charge in [0.2, 0.25) is 5.71 Å². The summed E-state index contributed by atoms with van der Waals surface area (Å²) >= 11 is 0. The third kappa shape index (κ3) is 3.54. The molecule has 0 fully saturated rings. The molecule has 0 saturated heterocycles. The maximum atomic E-state index is 10.8. The van der Waals surface area contributed by atoms with E-state index in [9.17, 15) is 9.90 Å². The van der Waals surface area contributed by atoms with Crippen LogP contribution in [0.1, 0.15) is 28.7 Å². The van der Waals surface area contributed by atoms with E-state index in [2.05, 4.69) is 9.97 Å². The number of aromatic nitrogens is 2. The molecular weight excluding hydrogens is 296 g/mol. The van der Waals surface area contributed by atoms with E-state index in [4.69, 9.17) is 9.52 Å². The highest BCUT2D eigenvalue weighted by Gasteiger charge is 2.14. The van der Waals surface area contributed by atoms with E-state index in [1.807, 2.05) is 13.0 Å². The van der Waals surface area contributed by atoms with E-state index >= 15 is 0 Å². The second kappa shape index (κ2) is 6.18. The minimum Gasteiger partial charge on any atom is -0.481 e. The van der Waals surface area contributed by atoms with Gasteiger partial charge in [-0.25, -0.2) is 4.98 Å². The number of nitrogens with zero attached hydrogens (tertiary/aromatic N) is 2. The smallest absolute Gasteiger partial charge is 0.307 e. The monoisotopic (exact) mass is 312 g/mol. The van der Waals surface area contributed by atoms with Crippen molar-refractivity contribution in [2.75, 3.05) is 0 Å². The molecule has 3 aromatic rings. The van der Waals surface area contributed by atoms with Crippen LogP contribution in [0.2, 0.25) is 0 Å². The number of carbonyl (C=O) groups is 1. The van der Waals surface area contributed by atoms with Crippen molar-refractivity contribution in [3.63, 3.8) is 0 Å². The van der Waals surface area contributed by atoms with Gasteiger partial charge in [0.15, 0.2) is 0 Å². The second-order valence-corrected chi connectivity index (χ2v) is 5.47. The standard InChI is InChI=1S/C17H16N2O4/c1-10-4-12(2-3-18-10)15(20)8-14-7-13-5-11(6-16(21)22)9-19-17(13)23-14/h2-5,7,9,15,20H,6,8H2,1H3,(H,21,22). The highest BCUT2D eigenvalue weighted by molar-refractivity contribution is 5.77. The number of rotatable bonds is 5. The van der Waals surface area contributed by atoms with Gasteiger partial charge >= 0.3 is 5.97 Å². The fourth-order valence-electron chi connectivity index (χ4n) is 2.49. The van der Waals surface area contributed by atoms with Gasteiger partial charge < -0.3 is 14.6 Å². The molecule has 3 heterocycles. The fourth-order valence-corrected chi connectivity index (χ4v) is 2.49. The Labute approximate surface area is 132 Å². The van der Waals surface area contributed by atoms with Crippen molar-refractivity contribution in [1.29, 1.82) is 0 Å². The van der Waals surface area contributed by atoms with Crippen LogP contribution in [0.25, 0.3) is 11.1 Å². The van der Waals surface area contributed by atoms with E-state index < -0.39 is 12.1 Å². The third-order valence-corrected chi connectivity index (χ3v) is 3.54. The minimum absolute atomic E-state index is 0.0810. The van der Waals surface area contributed by atoms with Gasteiger partial charge in [-0.05, 0) is 42.3 Å². The molecule has 1 atom stereocenters. The van der Waals surface area contributed by atoms with Gasteiger partial charge in [0.25, 0.3) is 0 Å². The first-order chi connectivity index (χ1) is 11.0. The van der Waals surface area contributed by atoms with E-state index in [0.29, 0.717) is 23.5 Å². The van der Waals surface area contributed by atoms with Crippen LogP contribution in [0.5, 0.6) is 0 Å². The Morgan fingerprint density at radius 3 is 2.87 bits per heavy atom. The van der Waals surface area contributed by atoms with Crippen LogP contribution in [-0.2, 0) is 17.6 Å². The Hall–Kier alpha value is -2.73. The van der Waals surface area contributed by atoms with Crippen molar-refractivity contribution in [2.24, 2.45) is 0 Å². The maximum Gasteiger partial charge on any atom is 0.307 e. The Bertz CT molecular complexity index is 857. The van der Waals surface area contributed by atoms with Crippen molar-refractivity contribution in [1.82, 2.24) is 9.97 Å². The van der Waals surface area contributed by atoms with Gasteiger partial charge in [-0.15, -0.1) is 0 Å². The predicted octanol–water partition coefficient (Wildman–Crippen LogP) is 2.43. The van der Waals surface area contributed by atoms with Gasteiger partial charge in [0.1, 0.15) is 5.76 Å². The Morgan fingerprint density at radius 2 is 2.13 bits per heavy atom. The number of hydrogen-bond donors (Lipinski definition) is 2. The summed E-state index contributed by atoms with van der Waals surface area (Å²) < 4.78 is 5.62. The van der Waals surface area contributed by atoms with Crippen molar-refractivity contribution in [3.8, 4) is 0 Å². The summed E-state index contributed by atoms with van der Waals surface area (Å²) in [5.41, 5.74) is 2.67. The first-order valence-electron chi connectivity index (χ1n) is 7.21. The molecule has 0 aliphatic heterocycles. The van der Waals surface area contributed by atoms with Gasteiger partial charge in [0.05, 0.1) is 12.5 Å². The molecule has 0 saturated carbocycles. The number of pyridine rings is 2. The summed E-state index contributed by atoms with van der Waals surface area (Å²) in [5, 5.41) is 19.9. The Kier molecular flexibility index (Phi) is 4.08. The minimum atomic E-state index is -0.904. The maximum absolute atomic E-state index is 10.8. The zero-order chi connectivity index (χ0) is 16.4. The van der Waals surface area contributed by atoms with Crippen LogP contribution < -0.4 is 0 Å². The van der Waals surface area contributed by atoms with Gasteiger partial charge in [-0.1, -0.05) is 0 Å². The van der Waals surface area contributed by atoms with Gasteiger partial charge in [-0.3, -0.25) is 9.78 Å². The van der Waals surface area contributed by atoms with Crippen LogP contribution in [0.4, 0.5) is 0 Å². The van der Waals surface area contributed by atoms with Crippen LogP contribution in [-0.4, -0.2) is 26.2 Å². The van der Waals surface area contributed by atoms with Crippen molar-refractivity contribution in [2.45, 2.75) is 25.9 Å². The quantitative estimate of drug-likeness (QED) is 0.751. The van der Waals surface area contributed by atoms with Gasteiger partial charge in [0, 0.05) is 29.9 Å². The summed E-state index contributed by atoms with van der Waals surface area (Å²) in [6.07, 6.45) is 2.69. The topological polar surface area (TPSA) is 96.5 Å². The third-order valence-electron chi connectivity index (χ3n) is 3.54. The molecule has 3 rings (SSSR count). The van der Waals surface area contributed by atoms with Crippen molar-refractivity contribution in [3.05, 3.63) is 59.2 Å². The fraction of sp³-hybridized carbons (Fsp3) is 0.235. The van der Waals surface area contributed by atoms with Crippen LogP contribution in [0.3, 0.4) is 0 Å². The molecule has 3 aromatic heterocycles. The Morgan fingerprint density at radius 1 is 1.30 bits per heavy atom. The molecule has 23 heavy (non-hydrogen) atoms. The number of carboxylic acids is 1. The number of carboxylic acid groups (broad SMARTS) is 1. The molecule has 0 bridgehead atoms. The average Bonchev–Trinajstić information content (AvgIpc) is 2.88. The summed E-state index contributed by atoms with van der Waals surface area (Å²) in [7, 11) is 0. The number of aliphatic carboxylic acids is 1. The number of hydrogen-bond acceptors (Lipinski definition) is 5. The number of furan rings is 1. The molecule has 0 aliphatic rings. The molecule has 1 unspecified atom stereocenters. The lowest BCUT2D eigenvalue weighted by Gasteiger charge is -2.09. The largest absolute Gasteiger partial charge is 0.481 e. The molecule has 0 amide bonds.